The van der Waals surface area contributed by atoms with Gasteiger partial charge in [0.15, 0.2) is 0 Å². The number of anilines is 2. The van der Waals surface area contributed by atoms with E-state index in [9.17, 15) is 9.59 Å². The fraction of sp³-hybridized carbons (Fsp3) is 0.421. The molecule has 2 aromatic rings. The number of nitrogens with zero attached hydrogens (tertiary/aromatic N) is 3. The van der Waals surface area contributed by atoms with Crippen molar-refractivity contribution in [3.8, 4) is 5.75 Å². The highest BCUT2D eigenvalue weighted by Crippen LogP contribution is 2.27. The molecule has 3 rings (SSSR count). The first-order valence-corrected chi connectivity index (χ1v) is 9.37. The highest BCUT2D eigenvalue weighted by atomic mass is 35.5. The first kappa shape index (κ1) is 20.2. The average molecular weight is 407 g/mol. The third kappa shape index (κ3) is 4.63. The molecule has 1 aromatic heterocycles. The SMILES string of the molecule is COCc1cc(=O)n(CC(=O)Nc2cc(Cl)ccc2OC)c(N2CCCC2)n1. The van der Waals surface area contributed by atoms with Gasteiger partial charge < -0.3 is 19.7 Å². The zero-order valence-corrected chi connectivity index (χ0v) is 16.7. The third-order valence-electron chi connectivity index (χ3n) is 4.46. The molecular weight excluding hydrogens is 384 g/mol. The van der Waals surface area contributed by atoms with Crippen LogP contribution in [-0.2, 0) is 22.7 Å². The Hall–Kier alpha value is -2.58. The molecule has 0 aliphatic carbocycles. The van der Waals surface area contributed by atoms with E-state index in [2.05, 4.69) is 10.3 Å². The number of aromatic nitrogens is 2. The smallest absolute Gasteiger partial charge is 0.255 e. The van der Waals surface area contributed by atoms with Crippen molar-refractivity contribution in [1.82, 2.24) is 9.55 Å². The Balaban J connectivity index is 1.87. The summed E-state index contributed by atoms with van der Waals surface area (Å²) in [5.74, 6) is 0.605. The Morgan fingerprint density at radius 1 is 1.25 bits per heavy atom. The van der Waals surface area contributed by atoms with Gasteiger partial charge in [-0.1, -0.05) is 11.6 Å². The summed E-state index contributed by atoms with van der Waals surface area (Å²) in [6.07, 6.45) is 2.05. The molecule has 1 fully saturated rings. The van der Waals surface area contributed by atoms with Crippen molar-refractivity contribution in [3.05, 3.63) is 45.3 Å². The fourth-order valence-electron chi connectivity index (χ4n) is 3.18. The van der Waals surface area contributed by atoms with Gasteiger partial charge in [0.25, 0.3) is 5.56 Å². The molecule has 1 aromatic carbocycles. The lowest BCUT2D eigenvalue weighted by Crippen LogP contribution is -2.35. The normalized spacial score (nSPS) is 13.6. The molecule has 0 atom stereocenters. The molecular formula is C19H23ClN4O4. The van der Waals surface area contributed by atoms with E-state index in [4.69, 9.17) is 21.1 Å². The summed E-state index contributed by atoms with van der Waals surface area (Å²) < 4.78 is 11.7. The molecule has 1 amide bonds. The summed E-state index contributed by atoms with van der Waals surface area (Å²) in [5.41, 5.74) is 0.694. The van der Waals surface area contributed by atoms with Gasteiger partial charge in [-0.2, -0.15) is 0 Å². The largest absolute Gasteiger partial charge is 0.495 e. The van der Waals surface area contributed by atoms with Crippen LogP contribution in [0.4, 0.5) is 11.6 Å². The van der Waals surface area contributed by atoms with Gasteiger partial charge in [0.2, 0.25) is 11.9 Å². The summed E-state index contributed by atoms with van der Waals surface area (Å²) in [7, 11) is 3.06. The summed E-state index contributed by atoms with van der Waals surface area (Å²) >= 11 is 6.01. The van der Waals surface area contributed by atoms with E-state index in [1.165, 1.54) is 17.7 Å². The molecule has 1 aliphatic heterocycles. The van der Waals surface area contributed by atoms with Crippen LogP contribution in [0.25, 0.3) is 0 Å². The first-order valence-electron chi connectivity index (χ1n) is 9.00. The molecule has 8 nitrogen and oxygen atoms in total. The first-order chi connectivity index (χ1) is 13.5. The van der Waals surface area contributed by atoms with Crippen LogP contribution in [-0.4, -0.2) is 42.8 Å². The fourth-order valence-corrected chi connectivity index (χ4v) is 3.35. The lowest BCUT2D eigenvalue weighted by molar-refractivity contribution is -0.116. The van der Waals surface area contributed by atoms with Crippen molar-refractivity contribution in [1.29, 1.82) is 0 Å². The van der Waals surface area contributed by atoms with Gasteiger partial charge in [0.05, 0.1) is 25.1 Å². The Kier molecular flexibility index (Phi) is 6.53. The topological polar surface area (TPSA) is 85.7 Å². The van der Waals surface area contributed by atoms with Crippen molar-refractivity contribution < 1.29 is 14.3 Å². The van der Waals surface area contributed by atoms with E-state index >= 15 is 0 Å². The average Bonchev–Trinajstić information content (AvgIpc) is 3.18. The zero-order chi connectivity index (χ0) is 20.1. The van der Waals surface area contributed by atoms with Gasteiger partial charge in [0, 0.05) is 31.3 Å². The number of methoxy groups -OCH3 is 2. The molecule has 1 N–H and O–H groups in total. The van der Waals surface area contributed by atoms with E-state index < -0.39 is 0 Å². The number of benzene rings is 1. The molecule has 1 saturated heterocycles. The lowest BCUT2D eigenvalue weighted by atomic mass is 10.3. The quantitative estimate of drug-likeness (QED) is 0.759. The summed E-state index contributed by atoms with van der Waals surface area (Å²) in [6, 6.07) is 6.34. The van der Waals surface area contributed by atoms with Crippen LogP contribution in [0.2, 0.25) is 5.02 Å². The van der Waals surface area contributed by atoms with Crippen LogP contribution in [0.5, 0.6) is 5.75 Å². The minimum absolute atomic E-state index is 0.166. The van der Waals surface area contributed by atoms with Gasteiger partial charge in [-0.05, 0) is 31.0 Å². The molecule has 0 unspecified atom stereocenters. The maximum Gasteiger partial charge on any atom is 0.255 e. The number of hydrogen-bond acceptors (Lipinski definition) is 6. The Labute approximate surface area is 168 Å². The van der Waals surface area contributed by atoms with E-state index in [0.717, 1.165) is 25.9 Å². The standard InChI is InChI=1S/C19H23ClN4O4/c1-27-12-14-10-18(26)24(19(21-14)23-7-3-4-8-23)11-17(25)22-15-9-13(20)5-6-16(15)28-2/h5-6,9-10H,3-4,7-8,11-12H2,1-2H3,(H,22,25). The Morgan fingerprint density at radius 3 is 2.68 bits per heavy atom. The van der Waals surface area contributed by atoms with Gasteiger partial charge in [-0.25, -0.2) is 4.98 Å². The number of rotatable bonds is 7. The maximum absolute atomic E-state index is 12.7. The second-order valence-corrected chi connectivity index (χ2v) is 6.93. The Bertz CT molecular complexity index is 909. The predicted octanol–water partition coefficient (Wildman–Crippen LogP) is 2.29. The van der Waals surface area contributed by atoms with Crippen LogP contribution in [0, 0.1) is 0 Å². The van der Waals surface area contributed by atoms with Crippen LogP contribution >= 0.6 is 11.6 Å². The monoisotopic (exact) mass is 406 g/mol. The molecule has 9 heteroatoms. The molecule has 0 bridgehead atoms. The number of nitrogens with one attached hydrogen (secondary N) is 1. The molecule has 2 heterocycles. The highest BCUT2D eigenvalue weighted by Gasteiger charge is 2.21. The second-order valence-electron chi connectivity index (χ2n) is 6.49. The number of carbonyl (C=O) groups excluding carboxylic acids is 1. The molecule has 1 aliphatic rings. The van der Waals surface area contributed by atoms with Gasteiger partial charge in [-0.3, -0.25) is 14.2 Å². The minimum atomic E-state index is -0.371. The van der Waals surface area contributed by atoms with Crippen LogP contribution in [0.3, 0.4) is 0 Å². The maximum atomic E-state index is 12.7. The third-order valence-corrected chi connectivity index (χ3v) is 4.69. The van der Waals surface area contributed by atoms with Crippen LogP contribution in [0.15, 0.2) is 29.1 Å². The van der Waals surface area contributed by atoms with Gasteiger partial charge in [0.1, 0.15) is 12.3 Å². The summed E-state index contributed by atoms with van der Waals surface area (Å²) in [5, 5.41) is 3.23. The van der Waals surface area contributed by atoms with Gasteiger partial charge in [-0.15, -0.1) is 0 Å². The summed E-state index contributed by atoms with van der Waals surface area (Å²) in [6.45, 7) is 1.67. The zero-order valence-electron chi connectivity index (χ0n) is 15.9. The molecule has 0 saturated carbocycles. The van der Waals surface area contributed by atoms with Crippen LogP contribution < -0.4 is 20.5 Å². The van der Waals surface area contributed by atoms with Crippen molar-refractivity contribution in [2.24, 2.45) is 0 Å². The number of ether oxygens (including phenoxy) is 2. The van der Waals surface area contributed by atoms with Crippen molar-refractivity contribution in [2.45, 2.75) is 26.0 Å². The van der Waals surface area contributed by atoms with E-state index in [1.54, 1.807) is 25.3 Å². The Morgan fingerprint density at radius 2 is 2.00 bits per heavy atom. The van der Waals surface area contributed by atoms with E-state index in [1.807, 2.05) is 4.90 Å². The van der Waals surface area contributed by atoms with E-state index in [-0.39, 0.29) is 24.6 Å². The highest BCUT2D eigenvalue weighted by molar-refractivity contribution is 6.31. The minimum Gasteiger partial charge on any atom is -0.495 e. The van der Waals surface area contributed by atoms with Crippen molar-refractivity contribution in [2.75, 3.05) is 37.5 Å². The number of halogens is 1. The molecule has 28 heavy (non-hydrogen) atoms. The molecule has 150 valence electrons. The number of carbonyl (C=O) groups is 1. The van der Waals surface area contributed by atoms with Gasteiger partial charge >= 0.3 is 0 Å². The number of amides is 1. The second kappa shape index (κ2) is 9.07. The number of hydrogen-bond donors (Lipinski definition) is 1. The molecule has 0 spiro atoms. The van der Waals surface area contributed by atoms with Crippen LogP contribution in [0.1, 0.15) is 18.5 Å². The van der Waals surface area contributed by atoms with Crippen molar-refractivity contribution >= 4 is 29.1 Å². The predicted molar refractivity (Wildman–Crippen MR) is 107 cm³/mol. The summed E-state index contributed by atoms with van der Waals surface area (Å²) in [4.78, 5) is 31.9. The molecule has 0 radical (unpaired) electrons. The van der Waals surface area contributed by atoms with Crippen molar-refractivity contribution in [3.63, 3.8) is 0 Å². The lowest BCUT2D eigenvalue weighted by Gasteiger charge is -2.22. The van der Waals surface area contributed by atoms with E-state index in [0.29, 0.717) is 28.1 Å².